The van der Waals surface area contributed by atoms with Crippen molar-refractivity contribution in [1.82, 2.24) is 29.5 Å². The lowest BCUT2D eigenvalue weighted by Crippen LogP contribution is -2.48. The summed E-state index contributed by atoms with van der Waals surface area (Å²) in [4.78, 5) is 30.2. The molecule has 2 fully saturated rings. The summed E-state index contributed by atoms with van der Waals surface area (Å²) < 4.78 is 8.15. The number of fused-ring (bicyclic) bond motifs is 3. The number of thiazole rings is 1. The van der Waals surface area contributed by atoms with Gasteiger partial charge in [-0.1, -0.05) is 6.07 Å². The number of hydrogen-bond donors (Lipinski definition) is 1. The number of hydrogen-bond acceptors (Lipinski definition) is 8. The molecule has 198 valence electrons. The number of aromatic nitrogens is 5. The third-order valence-corrected chi connectivity index (χ3v) is 9.03. The zero-order valence-electron chi connectivity index (χ0n) is 21.8. The van der Waals surface area contributed by atoms with Gasteiger partial charge in [0, 0.05) is 46.4 Å². The van der Waals surface area contributed by atoms with E-state index in [2.05, 4.69) is 31.0 Å². The number of nitrogens with two attached hydrogens (primary N) is 1. The Bertz CT molecular complexity index is 1510. The van der Waals surface area contributed by atoms with E-state index >= 15 is 0 Å². The van der Waals surface area contributed by atoms with E-state index in [0.717, 1.165) is 62.6 Å². The van der Waals surface area contributed by atoms with Gasteiger partial charge in [0.05, 0.1) is 22.1 Å². The highest BCUT2D eigenvalue weighted by atomic mass is 79.9. The number of carbonyl (C=O) groups excluding carboxylic acids is 1. The summed E-state index contributed by atoms with van der Waals surface area (Å²) >= 11 is 5.33. The van der Waals surface area contributed by atoms with E-state index in [1.807, 2.05) is 57.1 Å². The third kappa shape index (κ3) is 4.45. The molecule has 0 aliphatic carbocycles. The first-order valence-corrected chi connectivity index (χ1v) is 14.4. The predicted molar refractivity (Wildman–Crippen MR) is 151 cm³/mol. The summed E-state index contributed by atoms with van der Waals surface area (Å²) in [7, 11) is 0. The molecule has 11 heteroatoms. The summed E-state index contributed by atoms with van der Waals surface area (Å²) in [6, 6.07) is 4.27. The molecule has 2 aliphatic heterocycles. The van der Waals surface area contributed by atoms with Gasteiger partial charge in [0.2, 0.25) is 0 Å². The van der Waals surface area contributed by atoms with E-state index in [4.69, 9.17) is 15.5 Å². The van der Waals surface area contributed by atoms with Gasteiger partial charge in [-0.2, -0.15) is 9.61 Å². The average molecular weight is 597 g/mol. The van der Waals surface area contributed by atoms with E-state index in [9.17, 15) is 4.79 Å². The topological polar surface area (TPSA) is 112 Å². The summed E-state index contributed by atoms with van der Waals surface area (Å²) in [5.41, 5.74) is 10.3. The van der Waals surface area contributed by atoms with Crippen molar-refractivity contribution in [3.63, 3.8) is 0 Å². The molecule has 38 heavy (non-hydrogen) atoms. The van der Waals surface area contributed by atoms with E-state index in [-0.39, 0.29) is 24.1 Å². The van der Waals surface area contributed by atoms with Gasteiger partial charge in [-0.3, -0.25) is 4.98 Å². The molecule has 1 unspecified atom stereocenters. The van der Waals surface area contributed by atoms with Crippen LogP contribution in [0.25, 0.3) is 27.5 Å². The lowest BCUT2D eigenvalue weighted by molar-refractivity contribution is 0.00568. The van der Waals surface area contributed by atoms with Gasteiger partial charge < -0.3 is 15.4 Å². The first-order valence-electron chi connectivity index (χ1n) is 12.8. The molecule has 0 radical (unpaired) electrons. The van der Waals surface area contributed by atoms with E-state index in [0.29, 0.717) is 11.5 Å². The SMILES string of the molecule is Cc1cnc(-c2ccc(-c3cnn4c(N)c(Br)c(C5C[C@H]6CC[C@@H](C5)N6C(=O)OC(C)(C)C)nc34)cn2)s1. The lowest BCUT2D eigenvalue weighted by atomic mass is 9.88. The second kappa shape index (κ2) is 9.30. The number of aryl methyl sites for hydroxylation is 1. The highest BCUT2D eigenvalue weighted by Crippen LogP contribution is 2.46. The average Bonchev–Trinajstić information content (AvgIpc) is 3.56. The number of amides is 1. The molecule has 2 N–H and O–H groups in total. The Hall–Kier alpha value is -3.05. The number of anilines is 1. The molecule has 9 nitrogen and oxygen atoms in total. The maximum Gasteiger partial charge on any atom is 0.410 e. The van der Waals surface area contributed by atoms with Crippen LogP contribution in [0.5, 0.6) is 0 Å². The fourth-order valence-corrected chi connectivity index (χ4v) is 6.97. The monoisotopic (exact) mass is 595 g/mol. The Morgan fingerprint density at radius 2 is 1.87 bits per heavy atom. The van der Waals surface area contributed by atoms with Crippen molar-refractivity contribution in [1.29, 1.82) is 0 Å². The Morgan fingerprint density at radius 3 is 2.47 bits per heavy atom. The fraction of sp³-hybridized carbons (Fsp3) is 0.444. The van der Waals surface area contributed by atoms with Crippen LogP contribution in [-0.2, 0) is 4.74 Å². The zero-order valence-corrected chi connectivity index (χ0v) is 24.2. The van der Waals surface area contributed by atoms with E-state index in [1.54, 1.807) is 22.0 Å². The summed E-state index contributed by atoms with van der Waals surface area (Å²) in [6.07, 6.45) is 8.86. The van der Waals surface area contributed by atoms with Crippen LogP contribution in [0.15, 0.2) is 35.2 Å². The van der Waals surface area contributed by atoms with Crippen LogP contribution < -0.4 is 5.73 Å². The van der Waals surface area contributed by atoms with Crippen molar-refractivity contribution in [2.45, 2.75) is 77.0 Å². The zero-order chi connectivity index (χ0) is 26.8. The number of halogens is 1. The quantitative estimate of drug-likeness (QED) is 0.299. The smallest absolute Gasteiger partial charge is 0.410 e. The number of piperidine rings is 1. The van der Waals surface area contributed by atoms with Crippen molar-refractivity contribution in [2.24, 2.45) is 0 Å². The second-order valence-electron chi connectivity index (χ2n) is 11.1. The molecule has 6 heterocycles. The van der Waals surface area contributed by atoms with Gasteiger partial charge in [-0.05, 0) is 75.4 Å². The molecule has 1 amide bonds. The van der Waals surface area contributed by atoms with Crippen LogP contribution in [0.4, 0.5) is 10.6 Å². The predicted octanol–water partition coefficient (Wildman–Crippen LogP) is 6.21. The highest BCUT2D eigenvalue weighted by Gasteiger charge is 2.46. The molecule has 0 saturated carbocycles. The summed E-state index contributed by atoms with van der Waals surface area (Å²) in [5.74, 6) is 0.685. The highest BCUT2D eigenvalue weighted by molar-refractivity contribution is 9.10. The van der Waals surface area contributed by atoms with Crippen molar-refractivity contribution < 1.29 is 9.53 Å². The van der Waals surface area contributed by atoms with Gasteiger partial charge in [-0.25, -0.2) is 14.8 Å². The van der Waals surface area contributed by atoms with Gasteiger partial charge in [-0.15, -0.1) is 11.3 Å². The maximum atomic E-state index is 12.9. The van der Waals surface area contributed by atoms with Gasteiger partial charge in [0.25, 0.3) is 0 Å². The molecule has 4 aromatic rings. The van der Waals surface area contributed by atoms with Crippen molar-refractivity contribution in [3.05, 3.63) is 45.8 Å². The minimum absolute atomic E-state index is 0.135. The minimum Gasteiger partial charge on any atom is -0.444 e. The van der Waals surface area contributed by atoms with Crippen LogP contribution in [0.3, 0.4) is 0 Å². The molecule has 6 rings (SSSR count). The molecule has 0 aromatic carbocycles. The van der Waals surface area contributed by atoms with Gasteiger partial charge in [0.15, 0.2) is 5.65 Å². The molecular weight excluding hydrogens is 566 g/mol. The van der Waals surface area contributed by atoms with Crippen LogP contribution >= 0.6 is 27.3 Å². The maximum absolute atomic E-state index is 12.9. The van der Waals surface area contributed by atoms with Crippen molar-refractivity contribution in [3.8, 4) is 21.8 Å². The Kier molecular flexibility index (Phi) is 6.18. The normalized spacial score (nSPS) is 21.3. The Labute approximate surface area is 233 Å². The van der Waals surface area contributed by atoms with E-state index in [1.165, 1.54) is 0 Å². The van der Waals surface area contributed by atoms with Gasteiger partial charge in [0.1, 0.15) is 16.4 Å². The molecule has 2 saturated heterocycles. The summed E-state index contributed by atoms with van der Waals surface area (Å²) in [5, 5.41) is 5.43. The van der Waals surface area contributed by atoms with Crippen molar-refractivity contribution >= 4 is 44.8 Å². The Balaban J connectivity index is 1.31. The van der Waals surface area contributed by atoms with Crippen LogP contribution in [0, 0.1) is 6.92 Å². The van der Waals surface area contributed by atoms with Crippen LogP contribution in [0.1, 0.15) is 62.9 Å². The largest absolute Gasteiger partial charge is 0.444 e. The fourth-order valence-electron chi connectivity index (χ4n) is 5.65. The minimum atomic E-state index is -0.512. The lowest BCUT2D eigenvalue weighted by Gasteiger charge is -2.39. The molecule has 2 bridgehead atoms. The third-order valence-electron chi connectivity index (χ3n) is 7.29. The van der Waals surface area contributed by atoms with Gasteiger partial charge >= 0.3 is 6.09 Å². The first kappa shape index (κ1) is 25.2. The summed E-state index contributed by atoms with van der Waals surface area (Å²) in [6.45, 7) is 7.76. The second-order valence-corrected chi connectivity index (χ2v) is 13.2. The molecular formula is C27H30BrN7O2S. The van der Waals surface area contributed by atoms with E-state index < -0.39 is 5.60 Å². The van der Waals surface area contributed by atoms with Crippen LogP contribution in [0.2, 0.25) is 0 Å². The molecule has 2 aliphatic rings. The molecule has 0 spiro atoms. The number of ether oxygens (including phenoxy) is 1. The molecule has 3 atom stereocenters. The number of pyridine rings is 1. The Morgan fingerprint density at radius 1 is 1.13 bits per heavy atom. The number of nitrogens with zero attached hydrogens (tertiary/aromatic N) is 6. The molecule has 4 aromatic heterocycles. The van der Waals surface area contributed by atoms with Crippen molar-refractivity contribution in [2.75, 3.05) is 5.73 Å². The van der Waals surface area contributed by atoms with Crippen LogP contribution in [-0.4, -0.2) is 53.2 Å². The number of carbonyl (C=O) groups is 1. The standard InChI is InChI=1S/C27H30BrN7O2S/c1-14-11-31-25(38-14)20-8-5-15(12-30-20)19-13-32-35-23(29)21(28)22(33-24(19)35)16-9-17-6-7-18(10-16)34(17)26(36)37-27(2,3)4/h5,8,11-13,16-18H,6-7,9-10,29H2,1-4H3/t16?,17-,18+. The first-order chi connectivity index (χ1) is 18.1. The number of nitrogen functional groups attached to an aromatic ring is 1. The number of rotatable bonds is 3.